The molecular weight excluding hydrogens is 592 g/mol. The lowest BCUT2D eigenvalue weighted by molar-refractivity contribution is -0.123. The Labute approximate surface area is 236 Å². The van der Waals surface area contributed by atoms with Crippen LogP contribution in [0.1, 0.15) is 11.1 Å². The zero-order valence-corrected chi connectivity index (χ0v) is 23.0. The van der Waals surface area contributed by atoms with Crippen molar-refractivity contribution in [3.05, 3.63) is 92.4 Å². The fraction of sp³-hybridized carbons (Fsp3) is 0.143. The number of thioether (sulfide) groups is 1. The van der Waals surface area contributed by atoms with E-state index in [1.165, 1.54) is 4.90 Å². The molecule has 3 heterocycles. The highest BCUT2D eigenvalue weighted by Crippen LogP contribution is 2.37. The molecule has 2 aliphatic rings. The van der Waals surface area contributed by atoms with E-state index in [1.54, 1.807) is 12.1 Å². The Kier molecular flexibility index (Phi) is 6.82. The molecule has 4 aromatic rings. The topological polar surface area (TPSA) is 70.0 Å². The molecule has 7 nitrogen and oxygen atoms in total. The summed E-state index contributed by atoms with van der Waals surface area (Å²) in [5.41, 5.74) is 2.55. The van der Waals surface area contributed by atoms with Gasteiger partial charge in [0.2, 0.25) is 6.79 Å². The van der Waals surface area contributed by atoms with E-state index in [0.717, 1.165) is 38.3 Å². The third kappa shape index (κ3) is 4.89. The second-order valence-electron chi connectivity index (χ2n) is 8.66. The van der Waals surface area contributed by atoms with Crippen LogP contribution in [-0.2, 0) is 17.9 Å². The highest BCUT2D eigenvalue weighted by Gasteiger charge is 2.35. The molecule has 0 bridgehead atoms. The number of imide groups is 1. The Bertz CT molecular complexity index is 1620. The first-order valence-electron chi connectivity index (χ1n) is 11.8. The van der Waals surface area contributed by atoms with E-state index >= 15 is 0 Å². The Hall–Kier alpha value is -3.40. The normalized spacial score (nSPS) is 15.7. The van der Waals surface area contributed by atoms with Crippen LogP contribution in [0.5, 0.6) is 17.2 Å². The van der Waals surface area contributed by atoms with Crippen molar-refractivity contribution in [1.82, 2.24) is 9.47 Å². The minimum absolute atomic E-state index is 0.131. The number of amides is 2. The largest absolute Gasteiger partial charge is 0.492 e. The van der Waals surface area contributed by atoms with Gasteiger partial charge in [-0.2, -0.15) is 0 Å². The van der Waals surface area contributed by atoms with Gasteiger partial charge in [-0.3, -0.25) is 14.5 Å². The van der Waals surface area contributed by atoms with E-state index in [4.69, 9.17) is 25.8 Å². The molecule has 38 heavy (non-hydrogen) atoms. The summed E-state index contributed by atoms with van der Waals surface area (Å²) < 4.78 is 19.7. The maximum Gasteiger partial charge on any atom is 0.293 e. The summed E-state index contributed by atoms with van der Waals surface area (Å²) in [4.78, 5) is 27.5. The highest BCUT2D eigenvalue weighted by molar-refractivity contribution is 9.10. The predicted molar refractivity (Wildman–Crippen MR) is 151 cm³/mol. The number of benzene rings is 3. The van der Waals surface area contributed by atoms with Gasteiger partial charge in [-0.25, -0.2) is 0 Å². The van der Waals surface area contributed by atoms with E-state index < -0.39 is 0 Å². The second kappa shape index (κ2) is 10.4. The third-order valence-corrected chi connectivity index (χ3v) is 8.03. The van der Waals surface area contributed by atoms with Gasteiger partial charge in [-0.05, 0) is 59.8 Å². The van der Waals surface area contributed by atoms with Gasteiger partial charge in [0.05, 0.1) is 18.0 Å². The standard InChI is InChI=1S/C28H20BrClN2O5S/c29-19-5-7-23-21(12-19)18(14-31(23)9-10-35-20-6-8-24-25(13-20)37-16-36-24)11-26-27(33)32(28(34)38-26)15-17-3-1-2-4-22(17)30/h1-8,11-14H,9-10,15-16H2/b26-11-. The summed E-state index contributed by atoms with van der Waals surface area (Å²) >= 11 is 10.7. The number of hydrogen-bond donors (Lipinski definition) is 0. The highest BCUT2D eigenvalue weighted by atomic mass is 79.9. The van der Waals surface area contributed by atoms with Crippen molar-refractivity contribution in [3.8, 4) is 17.2 Å². The minimum Gasteiger partial charge on any atom is -0.492 e. The van der Waals surface area contributed by atoms with Crippen LogP contribution in [0, 0.1) is 0 Å². The number of nitrogens with zero attached hydrogens (tertiary/aromatic N) is 2. The fourth-order valence-corrected chi connectivity index (χ4v) is 5.79. The SMILES string of the molecule is O=C1S/C(=C\c2cn(CCOc3ccc4c(c3)OCO4)c3ccc(Br)cc23)C(=O)N1Cc1ccccc1Cl. The van der Waals surface area contributed by atoms with Crippen molar-refractivity contribution in [2.45, 2.75) is 13.1 Å². The number of halogens is 2. The lowest BCUT2D eigenvalue weighted by atomic mass is 10.1. The first kappa shape index (κ1) is 24.9. The average Bonchev–Trinajstić information content (AvgIpc) is 3.58. The molecule has 0 atom stereocenters. The van der Waals surface area contributed by atoms with Crippen molar-refractivity contribution in [2.24, 2.45) is 0 Å². The van der Waals surface area contributed by atoms with Gasteiger partial charge in [0.15, 0.2) is 11.5 Å². The van der Waals surface area contributed by atoms with Crippen molar-refractivity contribution < 1.29 is 23.8 Å². The molecule has 2 amide bonds. The summed E-state index contributed by atoms with van der Waals surface area (Å²) in [6, 6.07) is 18.7. The van der Waals surface area contributed by atoms with Gasteiger partial charge in [0.1, 0.15) is 12.4 Å². The summed E-state index contributed by atoms with van der Waals surface area (Å²) in [7, 11) is 0. The number of aromatic nitrogens is 1. The van der Waals surface area contributed by atoms with Crippen molar-refractivity contribution >= 4 is 67.4 Å². The van der Waals surface area contributed by atoms with E-state index in [9.17, 15) is 9.59 Å². The molecule has 192 valence electrons. The Morgan fingerprint density at radius 2 is 1.89 bits per heavy atom. The number of carbonyl (C=O) groups excluding carboxylic acids is 2. The van der Waals surface area contributed by atoms with Gasteiger partial charge in [-0.1, -0.05) is 45.7 Å². The van der Waals surface area contributed by atoms with Crippen LogP contribution in [0.2, 0.25) is 5.02 Å². The minimum atomic E-state index is -0.332. The smallest absolute Gasteiger partial charge is 0.293 e. The Morgan fingerprint density at radius 1 is 1.05 bits per heavy atom. The number of ether oxygens (including phenoxy) is 3. The van der Waals surface area contributed by atoms with Gasteiger partial charge < -0.3 is 18.8 Å². The van der Waals surface area contributed by atoms with E-state index in [1.807, 2.05) is 60.8 Å². The molecule has 0 aliphatic carbocycles. The molecule has 0 N–H and O–H groups in total. The molecular formula is C28H20BrClN2O5S. The van der Waals surface area contributed by atoms with Crippen LogP contribution < -0.4 is 14.2 Å². The van der Waals surface area contributed by atoms with E-state index in [2.05, 4.69) is 20.5 Å². The zero-order valence-electron chi connectivity index (χ0n) is 19.9. The lowest BCUT2D eigenvalue weighted by Gasteiger charge is -2.13. The molecule has 3 aromatic carbocycles. The quantitative estimate of drug-likeness (QED) is 0.208. The van der Waals surface area contributed by atoms with E-state index in [-0.39, 0.29) is 24.5 Å². The fourth-order valence-electron chi connectivity index (χ4n) is 4.40. The van der Waals surface area contributed by atoms with Gasteiger partial charge in [-0.15, -0.1) is 0 Å². The molecule has 0 saturated carbocycles. The first-order chi connectivity index (χ1) is 18.5. The first-order valence-corrected chi connectivity index (χ1v) is 13.7. The molecule has 1 saturated heterocycles. The molecule has 1 aromatic heterocycles. The number of fused-ring (bicyclic) bond motifs is 2. The number of carbonyl (C=O) groups is 2. The summed E-state index contributed by atoms with van der Waals surface area (Å²) in [5, 5.41) is 1.16. The third-order valence-electron chi connectivity index (χ3n) is 6.27. The maximum absolute atomic E-state index is 13.2. The molecule has 10 heteroatoms. The molecule has 0 spiro atoms. The Morgan fingerprint density at radius 3 is 2.76 bits per heavy atom. The van der Waals surface area contributed by atoms with Crippen molar-refractivity contribution in [2.75, 3.05) is 13.4 Å². The number of rotatable bonds is 7. The summed E-state index contributed by atoms with van der Waals surface area (Å²) in [6.07, 6.45) is 3.75. The predicted octanol–water partition coefficient (Wildman–Crippen LogP) is 7.10. The zero-order chi connectivity index (χ0) is 26.2. The summed E-state index contributed by atoms with van der Waals surface area (Å²) in [6.45, 7) is 1.35. The van der Waals surface area contributed by atoms with Crippen LogP contribution in [0.25, 0.3) is 17.0 Å². The molecule has 0 radical (unpaired) electrons. The lowest BCUT2D eigenvalue weighted by Crippen LogP contribution is -2.27. The van der Waals surface area contributed by atoms with Crippen molar-refractivity contribution in [3.63, 3.8) is 0 Å². The van der Waals surface area contributed by atoms with Crippen LogP contribution in [0.4, 0.5) is 4.79 Å². The molecule has 0 unspecified atom stereocenters. The van der Waals surface area contributed by atoms with Gasteiger partial charge in [0, 0.05) is 38.2 Å². The van der Waals surface area contributed by atoms with Crippen LogP contribution in [0.15, 0.2) is 76.2 Å². The second-order valence-corrected chi connectivity index (χ2v) is 11.0. The van der Waals surface area contributed by atoms with Crippen LogP contribution >= 0.6 is 39.3 Å². The summed E-state index contributed by atoms with van der Waals surface area (Å²) in [5.74, 6) is 1.74. The molecule has 6 rings (SSSR count). The average molecular weight is 612 g/mol. The molecule has 2 aliphatic heterocycles. The number of hydrogen-bond acceptors (Lipinski definition) is 6. The van der Waals surface area contributed by atoms with Crippen LogP contribution in [0.3, 0.4) is 0 Å². The van der Waals surface area contributed by atoms with Crippen LogP contribution in [-0.4, -0.2) is 34.0 Å². The van der Waals surface area contributed by atoms with Crippen molar-refractivity contribution in [1.29, 1.82) is 0 Å². The maximum atomic E-state index is 13.2. The van der Waals surface area contributed by atoms with Gasteiger partial charge >= 0.3 is 0 Å². The Balaban J connectivity index is 1.23. The van der Waals surface area contributed by atoms with Gasteiger partial charge in [0.25, 0.3) is 11.1 Å². The van der Waals surface area contributed by atoms with E-state index in [0.29, 0.717) is 40.3 Å². The molecule has 1 fully saturated rings. The monoisotopic (exact) mass is 610 g/mol.